The molecule has 0 heterocycles. The third kappa shape index (κ3) is 46.5. The zero-order valence-corrected chi connectivity index (χ0v) is 12.4. The van der Waals surface area contributed by atoms with E-state index in [9.17, 15) is 9.59 Å². The van der Waals surface area contributed by atoms with Gasteiger partial charge in [-0.2, -0.15) is 0 Å². The Labute approximate surface area is 127 Å². The first-order valence-corrected chi connectivity index (χ1v) is 5.99. The van der Waals surface area contributed by atoms with Crippen molar-refractivity contribution in [1.82, 2.24) is 0 Å². The van der Waals surface area contributed by atoms with Crippen LogP contribution in [0.1, 0.15) is 41.0 Å². The van der Waals surface area contributed by atoms with E-state index >= 15 is 0 Å². The molecule has 0 amide bonds. The lowest BCUT2D eigenvalue weighted by atomic mass is 10.2. The molecule has 0 spiro atoms. The minimum atomic E-state index is -0.475. The zero-order valence-electron chi connectivity index (χ0n) is 12.4. The SMILES string of the molecule is CC(C)CO.CC(C)CO.COC(=O)CC(C)=O.[AlH3]. The van der Waals surface area contributed by atoms with Gasteiger partial charge in [0.05, 0.1) is 7.11 Å². The lowest BCUT2D eigenvalue weighted by molar-refractivity contribution is -0.142. The van der Waals surface area contributed by atoms with Crippen molar-refractivity contribution in [2.24, 2.45) is 11.8 Å². The second-order valence-electron chi connectivity index (χ2n) is 4.61. The monoisotopic (exact) mass is 294 g/mol. The van der Waals surface area contributed by atoms with E-state index in [4.69, 9.17) is 10.2 Å². The molecular weight excluding hydrogens is 263 g/mol. The minimum absolute atomic E-state index is 0. The van der Waals surface area contributed by atoms with Gasteiger partial charge in [-0.05, 0) is 18.8 Å². The third-order valence-corrected chi connectivity index (χ3v) is 1.35. The van der Waals surface area contributed by atoms with Crippen LogP contribution in [0.25, 0.3) is 0 Å². The fourth-order valence-electron chi connectivity index (χ4n) is 0.275. The van der Waals surface area contributed by atoms with Gasteiger partial charge in [-0.25, -0.2) is 0 Å². The standard InChI is InChI=1S/C5H8O3.2C4H10O.Al.3H/c1-4(6)3-5(7)8-2;2*1-4(2)3-5;;;;/h3H2,1-2H3;2*4-5H,3H2,1-2H3;;;;. The summed E-state index contributed by atoms with van der Waals surface area (Å²) < 4.78 is 4.20. The molecule has 0 rings (SSSR count). The predicted molar refractivity (Wildman–Crippen MR) is 81.1 cm³/mol. The Morgan fingerprint density at radius 3 is 1.32 bits per heavy atom. The Morgan fingerprint density at radius 2 is 1.26 bits per heavy atom. The summed E-state index contributed by atoms with van der Waals surface area (Å²) in [6.07, 6.45) is -0.115. The Hall–Kier alpha value is -0.408. The largest absolute Gasteiger partial charge is 0.469 e. The van der Waals surface area contributed by atoms with Crippen molar-refractivity contribution in [3.8, 4) is 0 Å². The summed E-state index contributed by atoms with van der Waals surface area (Å²) in [5, 5.41) is 16.3. The molecule has 116 valence electrons. The van der Waals surface area contributed by atoms with Crippen molar-refractivity contribution in [3.63, 3.8) is 0 Å². The van der Waals surface area contributed by atoms with Crippen LogP contribution < -0.4 is 0 Å². The Kier molecular flexibility index (Phi) is 28.3. The van der Waals surface area contributed by atoms with Crippen LogP contribution in [-0.4, -0.2) is 59.7 Å². The number of methoxy groups -OCH3 is 1. The Bertz CT molecular complexity index is 197. The summed E-state index contributed by atoms with van der Waals surface area (Å²) >= 11 is 0. The van der Waals surface area contributed by atoms with Crippen LogP contribution in [-0.2, 0) is 14.3 Å². The van der Waals surface area contributed by atoms with Crippen LogP contribution in [0.3, 0.4) is 0 Å². The summed E-state index contributed by atoms with van der Waals surface area (Å²) in [5.74, 6) is 0.236. The molecule has 2 N–H and O–H groups in total. The van der Waals surface area contributed by atoms with Gasteiger partial charge in [-0.3, -0.25) is 9.59 Å². The summed E-state index contributed by atoms with van der Waals surface area (Å²) in [6.45, 7) is 9.84. The van der Waals surface area contributed by atoms with Gasteiger partial charge >= 0.3 is 5.97 Å². The van der Waals surface area contributed by atoms with Gasteiger partial charge in [0.2, 0.25) is 0 Å². The van der Waals surface area contributed by atoms with Crippen molar-refractivity contribution >= 4 is 29.1 Å². The van der Waals surface area contributed by atoms with Crippen molar-refractivity contribution in [2.45, 2.75) is 41.0 Å². The fraction of sp³-hybridized carbons (Fsp3) is 0.846. The highest BCUT2D eigenvalue weighted by molar-refractivity contribution is 5.93. The lowest BCUT2D eigenvalue weighted by Gasteiger charge is -1.90. The maximum atomic E-state index is 10.2. The van der Waals surface area contributed by atoms with Gasteiger partial charge in [0.15, 0.2) is 17.4 Å². The van der Waals surface area contributed by atoms with Gasteiger partial charge in [0.1, 0.15) is 12.2 Å². The van der Waals surface area contributed by atoms with E-state index in [1.807, 2.05) is 27.7 Å². The average molecular weight is 294 g/mol. The van der Waals surface area contributed by atoms with E-state index in [0.29, 0.717) is 25.0 Å². The number of ether oxygens (including phenoxy) is 1. The number of aliphatic hydroxyl groups excluding tert-OH is 2. The van der Waals surface area contributed by atoms with E-state index < -0.39 is 5.97 Å². The molecule has 19 heavy (non-hydrogen) atoms. The smallest absolute Gasteiger partial charge is 0.313 e. The molecule has 0 radical (unpaired) electrons. The number of rotatable bonds is 4. The molecule has 0 aromatic heterocycles. The summed E-state index contributed by atoms with van der Waals surface area (Å²) in [7, 11) is 1.26. The molecule has 0 aromatic rings. The number of Topliss-reactive ketones (excluding diaryl/α,β-unsaturated/α-hetero) is 1. The molecule has 0 aliphatic heterocycles. The molecule has 5 nitrogen and oxygen atoms in total. The molecule has 0 aromatic carbocycles. The van der Waals surface area contributed by atoms with Gasteiger partial charge in [-0.1, -0.05) is 27.7 Å². The van der Waals surface area contributed by atoms with Crippen LogP contribution in [0.2, 0.25) is 0 Å². The summed E-state index contributed by atoms with van der Waals surface area (Å²) in [4.78, 5) is 20.3. The van der Waals surface area contributed by atoms with Crippen molar-refractivity contribution < 1.29 is 24.5 Å². The van der Waals surface area contributed by atoms with E-state index in [1.54, 1.807) is 0 Å². The lowest BCUT2D eigenvalue weighted by Crippen LogP contribution is -2.05. The first-order valence-electron chi connectivity index (χ1n) is 5.99. The number of ketones is 1. The third-order valence-electron chi connectivity index (χ3n) is 1.35. The maximum Gasteiger partial charge on any atom is 0.313 e. The van der Waals surface area contributed by atoms with Crippen molar-refractivity contribution in [3.05, 3.63) is 0 Å². The van der Waals surface area contributed by atoms with Gasteiger partial charge < -0.3 is 14.9 Å². The van der Waals surface area contributed by atoms with Gasteiger partial charge in [0.25, 0.3) is 0 Å². The first kappa shape index (κ1) is 27.0. The predicted octanol–water partition coefficient (Wildman–Crippen LogP) is 0.224. The van der Waals surface area contributed by atoms with Crippen molar-refractivity contribution in [1.29, 1.82) is 0 Å². The highest BCUT2D eigenvalue weighted by Gasteiger charge is 2.01. The van der Waals surface area contributed by atoms with Gasteiger partial charge in [-0.15, -0.1) is 0 Å². The van der Waals surface area contributed by atoms with Crippen LogP contribution in [0.5, 0.6) is 0 Å². The molecule has 0 aliphatic carbocycles. The number of hydrogen-bond acceptors (Lipinski definition) is 5. The van der Waals surface area contributed by atoms with E-state index in [1.165, 1.54) is 14.0 Å². The fourth-order valence-corrected chi connectivity index (χ4v) is 0.275. The van der Waals surface area contributed by atoms with Crippen molar-refractivity contribution in [2.75, 3.05) is 20.3 Å². The number of hydrogen-bond donors (Lipinski definition) is 2. The van der Waals surface area contributed by atoms with Gasteiger partial charge in [0, 0.05) is 13.2 Å². The second-order valence-corrected chi connectivity index (χ2v) is 4.61. The Morgan fingerprint density at radius 1 is 1.00 bits per heavy atom. The number of aliphatic hydroxyl groups is 2. The van der Waals surface area contributed by atoms with Crippen LogP contribution in [0.15, 0.2) is 0 Å². The molecule has 0 atom stereocenters. The molecule has 0 unspecified atom stereocenters. The first-order chi connectivity index (χ1) is 8.20. The summed E-state index contributed by atoms with van der Waals surface area (Å²) in [5.41, 5.74) is 0. The normalized spacial score (nSPS) is 8.53. The van der Waals surface area contributed by atoms with E-state index in [-0.39, 0.29) is 29.6 Å². The summed E-state index contributed by atoms with van der Waals surface area (Å²) in [6, 6.07) is 0. The van der Waals surface area contributed by atoms with Crippen LogP contribution in [0.4, 0.5) is 0 Å². The second kappa shape index (κ2) is 19.9. The molecule has 0 bridgehead atoms. The highest BCUT2D eigenvalue weighted by atomic mass is 27.0. The average Bonchev–Trinajstić information content (AvgIpc) is 2.29. The molecular formula is C13H31AlO5. The highest BCUT2D eigenvalue weighted by Crippen LogP contribution is 1.84. The quantitative estimate of drug-likeness (QED) is 0.440. The number of esters is 1. The molecule has 6 heteroatoms. The van der Waals surface area contributed by atoms with E-state index in [2.05, 4.69) is 4.74 Å². The zero-order chi connectivity index (χ0) is 15.1. The topological polar surface area (TPSA) is 83.8 Å². The van der Waals surface area contributed by atoms with Crippen LogP contribution in [0, 0.1) is 11.8 Å². The number of carbonyl (C=O) groups is 2. The molecule has 0 saturated heterocycles. The maximum absolute atomic E-state index is 10.2. The minimum Gasteiger partial charge on any atom is -0.469 e. The number of carbonyl (C=O) groups excluding carboxylic acids is 2. The van der Waals surface area contributed by atoms with Crippen LogP contribution >= 0.6 is 0 Å². The molecule has 0 saturated carbocycles. The Balaban J connectivity index is -0.0000000906. The molecule has 0 fully saturated rings. The van der Waals surface area contributed by atoms with E-state index in [0.717, 1.165) is 0 Å². The molecule has 0 aliphatic rings.